The van der Waals surface area contributed by atoms with Crippen LogP contribution >= 0.6 is 0 Å². The number of rotatable bonds is 8. The molecular weight excluding hydrogens is 492 g/mol. The van der Waals surface area contributed by atoms with Crippen molar-refractivity contribution in [3.63, 3.8) is 0 Å². The van der Waals surface area contributed by atoms with Gasteiger partial charge in [-0.05, 0) is 35.4 Å². The number of anilines is 1. The van der Waals surface area contributed by atoms with E-state index in [1.807, 2.05) is 0 Å². The second-order valence-corrected chi connectivity index (χ2v) is 9.05. The van der Waals surface area contributed by atoms with E-state index in [2.05, 4.69) is 45.6 Å². The average Bonchev–Trinajstić information content (AvgIpc) is 3.70. The van der Waals surface area contributed by atoms with Gasteiger partial charge in [0.05, 0.1) is 31.6 Å². The largest absolute Gasteiger partial charge is 0.486 e. The third kappa shape index (κ3) is 5.27. The molecule has 6 rings (SSSR count). The molecule has 2 aliphatic rings. The molecule has 1 unspecified atom stereocenters. The molecule has 0 saturated carbocycles. The lowest BCUT2D eigenvalue weighted by atomic mass is 10.1. The van der Waals surface area contributed by atoms with Gasteiger partial charge in [-0.3, -0.25) is 4.79 Å². The van der Waals surface area contributed by atoms with Crippen molar-refractivity contribution in [1.82, 2.24) is 55.1 Å². The summed E-state index contributed by atoms with van der Waals surface area (Å²) in [5.41, 5.74) is 1.62. The molecule has 0 bridgehead atoms. The molecular formula is C23H26N12O3. The molecule has 4 aromatic rings. The Bertz CT molecular complexity index is 1320. The van der Waals surface area contributed by atoms with Crippen LogP contribution in [0.4, 0.5) is 5.95 Å². The van der Waals surface area contributed by atoms with E-state index in [1.165, 1.54) is 11.0 Å². The summed E-state index contributed by atoms with van der Waals surface area (Å²) in [7, 11) is 0. The summed E-state index contributed by atoms with van der Waals surface area (Å²) in [6, 6.07) is 3.78. The van der Waals surface area contributed by atoms with Gasteiger partial charge in [0.25, 0.3) is 0 Å². The highest BCUT2D eigenvalue weighted by atomic mass is 16.5. The number of nitrogens with zero attached hydrogens (tertiary/aromatic N) is 12. The summed E-state index contributed by atoms with van der Waals surface area (Å²) in [5.74, 6) is 1.91. The fourth-order valence-corrected chi connectivity index (χ4v) is 4.49. The standard InChI is InChI=1S/C23H26N12O3/c36-16-32-7-8-37-21(13-32)17-9-25-23(26-10-17)33-5-3-19(4-6-33)35-28-11-18(29-35)14-38-20-1-2-22(24-12-20)34-15-27-30-31-34/h1-2,9-12,15-16,19,21H,3-8,13-14H2. The Kier molecular flexibility index (Phi) is 6.80. The second-order valence-electron chi connectivity index (χ2n) is 9.05. The number of morpholine rings is 1. The van der Waals surface area contributed by atoms with Crippen molar-refractivity contribution < 1.29 is 14.3 Å². The van der Waals surface area contributed by atoms with Crippen LogP contribution in [0, 0.1) is 0 Å². The highest BCUT2D eigenvalue weighted by Crippen LogP contribution is 2.25. The molecule has 1 amide bonds. The molecule has 0 N–H and O–H groups in total. The van der Waals surface area contributed by atoms with E-state index in [0.717, 1.165) is 43.6 Å². The number of hydrogen-bond donors (Lipinski definition) is 0. The Hall–Kier alpha value is -4.53. The van der Waals surface area contributed by atoms with Crippen LogP contribution in [-0.2, 0) is 16.1 Å². The molecule has 15 nitrogen and oxygen atoms in total. The third-order valence-electron chi connectivity index (χ3n) is 6.60. The maximum atomic E-state index is 11.1. The fourth-order valence-electron chi connectivity index (χ4n) is 4.49. The minimum atomic E-state index is -0.189. The van der Waals surface area contributed by atoms with Gasteiger partial charge in [0.15, 0.2) is 5.82 Å². The van der Waals surface area contributed by atoms with E-state index < -0.39 is 0 Å². The lowest BCUT2D eigenvalue weighted by molar-refractivity contribution is -0.125. The van der Waals surface area contributed by atoms with Crippen molar-refractivity contribution in [2.75, 3.05) is 37.7 Å². The molecule has 1 atom stereocenters. The summed E-state index contributed by atoms with van der Waals surface area (Å²) in [6.07, 6.45) is 10.8. The quantitative estimate of drug-likeness (QED) is 0.296. The first kappa shape index (κ1) is 23.8. The summed E-state index contributed by atoms with van der Waals surface area (Å²) >= 11 is 0. The average molecular weight is 519 g/mol. The number of piperidine rings is 1. The molecule has 38 heavy (non-hydrogen) atoms. The molecule has 0 spiro atoms. The number of amides is 1. The number of tetrazole rings is 1. The Balaban J connectivity index is 0.990. The number of carbonyl (C=O) groups excluding carboxylic acids is 1. The first-order valence-corrected chi connectivity index (χ1v) is 12.4. The van der Waals surface area contributed by atoms with Crippen molar-refractivity contribution in [3.05, 3.63) is 54.5 Å². The summed E-state index contributed by atoms with van der Waals surface area (Å²) in [6.45, 7) is 3.54. The second kappa shape index (κ2) is 10.8. The Labute approximate surface area is 217 Å². The molecule has 2 saturated heterocycles. The number of carbonyl (C=O) groups is 1. The minimum absolute atomic E-state index is 0.189. The van der Waals surface area contributed by atoms with Crippen LogP contribution in [-0.4, -0.2) is 94.2 Å². The van der Waals surface area contributed by atoms with Gasteiger partial charge >= 0.3 is 0 Å². The van der Waals surface area contributed by atoms with Gasteiger partial charge in [0, 0.05) is 37.6 Å². The van der Waals surface area contributed by atoms with Crippen molar-refractivity contribution in [2.45, 2.75) is 31.6 Å². The molecule has 196 valence electrons. The zero-order valence-corrected chi connectivity index (χ0v) is 20.5. The van der Waals surface area contributed by atoms with E-state index in [-0.39, 0.29) is 12.1 Å². The Morgan fingerprint density at radius 3 is 2.66 bits per heavy atom. The molecule has 0 aromatic carbocycles. The lowest BCUT2D eigenvalue weighted by Crippen LogP contribution is -2.38. The van der Waals surface area contributed by atoms with E-state index in [4.69, 9.17) is 9.47 Å². The van der Waals surface area contributed by atoms with Gasteiger partial charge in [0.2, 0.25) is 12.4 Å². The number of aromatic nitrogens is 10. The predicted molar refractivity (Wildman–Crippen MR) is 130 cm³/mol. The van der Waals surface area contributed by atoms with Crippen molar-refractivity contribution in [3.8, 4) is 11.6 Å². The van der Waals surface area contributed by atoms with Gasteiger partial charge in [-0.15, -0.1) is 5.10 Å². The molecule has 0 radical (unpaired) electrons. The maximum Gasteiger partial charge on any atom is 0.225 e. The van der Waals surface area contributed by atoms with Gasteiger partial charge in [-0.25, -0.2) is 15.0 Å². The molecule has 0 aliphatic carbocycles. The predicted octanol–water partition coefficient (Wildman–Crippen LogP) is 0.389. The van der Waals surface area contributed by atoms with E-state index >= 15 is 0 Å². The maximum absolute atomic E-state index is 11.1. The van der Waals surface area contributed by atoms with Gasteiger partial charge in [0.1, 0.15) is 30.5 Å². The first-order valence-electron chi connectivity index (χ1n) is 12.4. The minimum Gasteiger partial charge on any atom is -0.486 e. The zero-order chi connectivity index (χ0) is 25.7. The third-order valence-corrected chi connectivity index (χ3v) is 6.60. The van der Waals surface area contributed by atoms with Crippen LogP contribution in [0.1, 0.15) is 36.2 Å². The van der Waals surface area contributed by atoms with E-state index in [0.29, 0.717) is 43.8 Å². The molecule has 2 fully saturated rings. The Morgan fingerprint density at radius 1 is 1.05 bits per heavy atom. The van der Waals surface area contributed by atoms with E-state index in [1.54, 1.807) is 46.6 Å². The van der Waals surface area contributed by atoms with Crippen LogP contribution in [0.3, 0.4) is 0 Å². The molecule has 2 aliphatic heterocycles. The number of ether oxygens (including phenoxy) is 2. The molecule has 6 heterocycles. The first-order chi connectivity index (χ1) is 18.7. The smallest absolute Gasteiger partial charge is 0.225 e. The van der Waals surface area contributed by atoms with Crippen molar-refractivity contribution in [1.29, 1.82) is 0 Å². The summed E-state index contributed by atoms with van der Waals surface area (Å²) < 4.78 is 13.1. The van der Waals surface area contributed by atoms with Crippen LogP contribution in [0.5, 0.6) is 5.75 Å². The Morgan fingerprint density at radius 2 is 1.92 bits per heavy atom. The van der Waals surface area contributed by atoms with Gasteiger partial charge < -0.3 is 19.3 Å². The number of hydrogen-bond acceptors (Lipinski definition) is 12. The van der Waals surface area contributed by atoms with Gasteiger partial charge in [-0.1, -0.05) is 0 Å². The van der Waals surface area contributed by atoms with Crippen LogP contribution in [0.2, 0.25) is 0 Å². The highest BCUT2D eigenvalue weighted by molar-refractivity contribution is 5.47. The van der Waals surface area contributed by atoms with E-state index in [9.17, 15) is 4.79 Å². The summed E-state index contributed by atoms with van der Waals surface area (Å²) in [4.78, 5) is 30.1. The normalized spacial score (nSPS) is 18.5. The molecule has 4 aromatic heterocycles. The zero-order valence-electron chi connectivity index (χ0n) is 20.5. The topological polar surface area (TPSA) is 155 Å². The van der Waals surface area contributed by atoms with Crippen LogP contribution < -0.4 is 9.64 Å². The van der Waals surface area contributed by atoms with Crippen molar-refractivity contribution >= 4 is 12.4 Å². The fraction of sp³-hybridized carbons (Fsp3) is 0.435. The number of pyridine rings is 1. The lowest BCUT2D eigenvalue weighted by Gasteiger charge is -2.32. The molecule has 15 heteroatoms. The SMILES string of the molecule is O=CN1CCOC(c2cnc(N3CCC(n4ncc(COc5ccc(-n6cnnn6)nc5)n4)CC3)nc2)C1. The summed E-state index contributed by atoms with van der Waals surface area (Å²) in [5, 5.41) is 20.1. The van der Waals surface area contributed by atoms with Crippen LogP contribution in [0.25, 0.3) is 5.82 Å². The van der Waals surface area contributed by atoms with Crippen LogP contribution in [0.15, 0.2) is 43.2 Å². The van der Waals surface area contributed by atoms with Gasteiger partial charge in [-0.2, -0.15) is 19.7 Å². The monoisotopic (exact) mass is 518 g/mol. The van der Waals surface area contributed by atoms with Crippen molar-refractivity contribution in [2.24, 2.45) is 0 Å². The highest BCUT2D eigenvalue weighted by Gasteiger charge is 2.25.